The molecule has 1 nitrogen and oxygen atoms in total. The lowest BCUT2D eigenvalue weighted by molar-refractivity contribution is 1.29. The highest BCUT2D eigenvalue weighted by atomic mass is 15.1. The first kappa shape index (κ1) is 34.5. The molecule has 276 valence electrons. The molecule has 11 aromatic carbocycles. The molecule has 0 aliphatic heterocycles. The van der Waals surface area contributed by atoms with Crippen LogP contribution in [0.4, 0.5) is 17.1 Å². The fraction of sp³-hybridized carbons (Fsp3) is 0. The van der Waals surface area contributed by atoms with Gasteiger partial charge >= 0.3 is 0 Å². The van der Waals surface area contributed by atoms with E-state index in [2.05, 4.69) is 241 Å². The standard InChI is InChI=1S/C58H39N/c1-4-14-40(15-5-1)46-22-12-23-50(37-46)59(51-33-32-48-36-47(30-31-49(48)38-51)41-16-6-2-7-17-41)52-34-35-54(56(39-52)42-18-8-3-9-19-42)55-25-13-21-44-28-29-45-27-26-43-20-10-11-24-53(43)57(45)58(44)55/h1-39H. The van der Waals surface area contributed by atoms with Gasteiger partial charge in [-0.15, -0.1) is 0 Å². The Kier molecular flexibility index (Phi) is 8.56. The second kappa shape index (κ2) is 14.6. The largest absolute Gasteiger partial charge is 0.310 e. The minimum atomic E-state index is 1.09. The zero-order valence-electron chi connectivity index (χ0n) is 32.5. The minimum Gasteiger partial charge on any atom is -0.310 e. The van der Waals surface area contributed by atoms with Gasteiger partial charge in [0.15, 0.2) is 0 Å². The van der Waals surface area contributed by atoms with Gasteiger partial charge in [-0.1, -0.05) is 194 Å². The molecule has 0 aromatic heterocycles. The molecule has 11 rings (SSSR count). The van der Waals surface area contributed by atoms with Crippen LogP contribution >= 0.6 is 0 Å². The quantitative estimate of drug-likeness (QED) is 0.147. The van der Waals surface area contributed by atoms with Crippen molar-refractivity contribution in [2.24, 2.45) is 0 Å². The predicted molar refractivity (Wildman–Crippen MR) is 253 cm³/mol. The van der Waals surface area contributed by atoms with Crippen LogP contribution in [0, 0.1) is 0 Å². The van der Waals surface area contributed by atoms with Crippen LogP contribution in [0.3, 0.4) is 0 Å². The van der Waals surface area contributed by atoms with Crippen LogP contribution in [-0.2, 0) is 0 Å². The molecule has 0 aliphatic carbocycles. The van der Waals surface area contributed by atoms with Crippen molar-refractivity contribution in [3.63, 3.8) is 0 Å². The van der Waals surface area contributed by atoms with Gasteiger partial charge < -0.3 is 4.90 Å². The maximum absolute atomic E-state index is 2.42. The van der Waals surface area contributed by atoms with Crippen LogP contribution in [0.15, 0.2) is 237 Å². The smallest absolute Gasteiger partial charge is 0.0468 e. The fourth-order valence-electron chi connectivity index (χ4n) is 8.95. The minimum absolute atomic E-state index is 1.09. The Morgan fingerprint density at radius 3 is 1.49 bits per heavy atom. The lowest BCUT2D eigenvalue weighted by Gasteiger charge is -2.28. The van der Waals surface area contributed by atoms with Crippen LogP contribution in [0.2, 0.25) is 0 Å². The van der Waals surface area contributed by atoms with Gasteiger partial charge in [0.2, 0.25) is 0 Å². The second-order valence-electron chi connectivity index (χ2n) is 15.3. The highest BCUT2D eigenvalue weighted by Gasteiger charge is 2.20. The zero-order chi connectivity index (χ0) is 39.1. The number of hydrogen-bond acceptors (Lipinski definition) is 1. The van der Waals surface area contributed by atoms with Gasteiger partial charge in [0.25, 0.3) is 0 Å². The third-order valence-corrected chi connectivity index (χ3v) is 11.8. The Balaban J connectivity index is 1.14. The van der Waals surface area contributed by atoms with Crippen molar-refractivity contribution >= 4 is 60.2 Å². The summed E-state index contributed by atoms with van der Waals surface area (Å²) in [6, 6.07) is 86.4. The predicted octanol–water partition coefficient (Wildman–Crippen LogP) is 16.4. The van der Waals surface area contributed by atoms with E-state index in [0.29, 0.717) is 0 Å². The molecule has 0 amide bonds. The van der Waals surface area contributed by atoms with E-state index in [4.69, 9.17) is 0 Å². The second-order valence-corrected chi connectivity index (χ2v) is 15.3. The first-order valence-corrected chi connectivity index (χ1v) is 20.3. The number of fused-ring (bicyclic) bond motifs is 6. The topological polar surface area (TPSA) is 3.24 Å². The molecule has 0 aliphatic rings. The van der Waals surface area contributed by atoms with Crippen molar-refractivity contribution in [2.75, 3.05) is 4.90 Å². The summed E-state index contributed by atoms with van der Waals surface area (Å²) >= 11 is 0. The molecule has 0 fully saturated rings. The van der Waals surface area contributed by atoms with Crippen LogP contribution in [-0.4, -0.2) is 0 Å². The van der Waals surface area contributed by atoms with Gasteiger partial charge in [-0.3, -0.25) is 0 Å². The van der Waals surface area contributed by atoms with Crippen molar-refractivity contribution in [2.45, 2.75) is 0 Å². The molecule has 0 heterocycles. The Hall–Kier alpha value is -7.74. The molecule has 0 unspecified atom stereocenters. The average Bonchev–Trinajstić information content (AvgIpc) is 3.32. The van der Waals surface area contributed by atoms with Crippen LogP contribution in [0.5, 0.6) is 0 Å². The summed E-state index contributed by atoms with van der Waals surface area (Å²) in [5.41, 5.74) is 12.9. The Labute approximate surface area is 344 Å². The summed E-state index contributed by atoms with van der Waals surface area (Å²) in [6.07, 6.45) is 0. The first-order valence-electron chi connectivity index (χ1n) is 20.3. The van der Waals surface area contributed by atoms with Crippen molar-refractivity contribution in [3.8, 4) is 44.5 Å². The summed E-state index contributed by atoms with van der Waals surface area (Å²) in [5.74, 6) is 0. The lowest BCUT2D eigenvalue weighted by atomic mass is 9.87. The normalized spacial score (nSPS) is 11.4. The Morgan fingerprint density at radius 2 is 0.729 bits per heavy atom. The SMILES string of the molecule is c1ccc(-c2cccc(N(c3ccc(-c4cccc5ccc6ccc7ccccc7c6c45)c(-c4ccccc4)c3)c3ccc4cc(-c5ccccc5)ccc4c3)c2)cc1. The molecule has 1 heteroatoms. The molecule has 0 spiro atoms. The molecule has 0 atom stereocenters. The van der Waals surface area contributed by atoms with Gasteiger partial charge in [-0.05, 0) is 130 Å². The Morgan fingerprint density at radius 1 is 0.220 bits per heavy atom. The molecule has 0 N–H and O–H groups in total. The van der Waals surface area contributed by atoms with E-state index in [9.17, 15) is 0 Å². The van der Waals surface area contributed by atoms with Gasteiger partial charge in [0, 0.05) is 17.1 Å². The third-order valence-electron chi connectivity index (χ3n) is 11.8. The molecule has 0 bridgehead atoms. The van der Waals surface area contributed by atoms with E-state index in [0.717, 1.165) is 17.1 Å². The van der Waals surface area contributed by atoms with E-state index in [1.54, 1.807) is 0 Å². The number of hydrogen-bond donors (Lipinski definition) is 0. The molecule has 0 saturated heterocycles. The molecule has 0 radical (unpaired) electrons. The molecule has 59 heavy (non-hydrogen) atoms. The number of nitrogens with zero attached hydrogens (tertiary/aromatic N) is 1. The van der Waals surface area contributed by atoms with Crippen LogP contribution in [0.25, 0.3) is 87.6 Å². The fourth-order valence-corrected chi connectivity index (χ4v) is 8.95. The summed E-state index contributed by atoms with van der Waals surface area (Å²) in [6.45, 7) is 0. The molecule has 11 aromatic rings. The van der Waals surface area contributed by atoms with Crippen LogP contribution in [0.1, 0.15) is 0 Å². The van der Waals surface area contributed by atoms with E-state index in [1.165, 1.54) is 87.6 Å². The van der Waals surface area contributed by atoms with Gasteiger partial charge in [-0.2, -0.15) is 0 Å². The maximum atomic E-state index is 2.42. The Bertz CT molecular complexity index is 3310. The molecule has 0 saturated carbocycles. The van der Waals surface area contributed by atoms with Crippen LogP contribution < -0.4 is 4.90 Å². The first-order chi connectivity index (χ1) is 29.2. The van der Waals surface area contributed by atoms with E-state index >= 15 is 0 Å². The number of anilines is 3. The number of benzene rings is 11. The molecular weight excluding hydrogens is 711 g/mol. The number of rotatable bonds is 7. The third kappa shape index (κ3) is 6.30. The molecular formula is C58H39N. The van der Waals surface area contributed by atoms with Crippen molar-refractivity contribution in [1.82, 2.24) is 0 Å². The van der Waals surface area contributed by atoms with E-state index in [1.807, 2.05) is 0 Å². The summed E-state index contributed by atoms with van der Waals surface area (Å²) in [7, 11) is 0. The highest BCUT2D eigenvalue weighted by Crippen LogP contribution is 2.45. The van der Waals surface area contributed by atoms with E-state index < -0.39 is 0 Å². The van der Waals surface area contributed by atoms with Crippen molar-refractivity contribution in [1.29, 1.82) is 0 Å². The van der Waals surface area contributed by atoms with Gasteiger partial charge in [0.1, 0.15) is 0 Å². The summed E-state index contributed by atoms with van der Waals surface area (Å²) < 4.78 is 0. The summed E-state index contributed by atoms with van der Waals surface area (Å²) in [4.78, 5) is 2.42. The van der Waals surface area contributed by atoms with Crippen molar-refractivity contribution in [3.05, 3.63) is 237 Å². The van der Waals surface area contributed by atoms with Gasteiger partial charge in [0.05, 0.1) is 0 Å². The monoisotopic (exact) mass is 749 g/mol. The van der Waals surface area contributed by atoms with E-state index in [-0.39, 0.29) is 0 Å². The summed E-state index contributed by atoms with van der Waals surface area (Å²) in [5, 5.41) is 10.00. The maximum Gasteiger partial charge on any atom is 0.0468 e. The average molecular weight is 750 g/mol. The zero-order valence-corrected chi connectivity index (χ0v) is 32.5. The lowest BCUT2D eigenvalue weighted by Crippen LogP contribution is -2.10. The highest BCUT2D eigenvalue weighted by molar-refractivity contribution is 6.24. The van der Waals surface area contributed by atoms with Crippen molar-refractivity contribution < 1.29 is 0 Å². The van der Waals surface area contributed by atoms with Gasteiger partial charge in [-0.25, -0.2) is 0 Å².